The maximum absolute atomic E-state index is 12.1. The number of ether oxygens (including phenoxy) is 1. The van der Waals surface area contributed by atoms with Gasteiger partial charge in [-0.15, -0.1) is 0 Å². The van der Waals surface area contributed by atoms with E-state index in [0.29, 0.717) is 12.5 Å². The highest BCUT2D eigenvalue weighted by molar-refractivity contribution is 6.02. The largest absolute Gasteiger partial charge is 0.461 e. The summed E-state index contributed by atoms with van der Waals surface area (Å²) in [5, 5.41) is 9.30. The van der Waals surface area contributed by atoms with E-state index in [2.05, 4.69) is 6.92 Å². The minimum Gasteiger partial charge on any atom is -0.461 e. The summed E-state index contributed by atoms with van der Waals surface area (Å²) in [5.74, 6) is -0.167. The average molecular weight is 269 g/mol. The number of hydrogen-bond acceptors (Lipinski definition) is 3. The van der Waals surface area contributed by atoms with Gasteiger partial charge in [-0.2, -0.15) is 5.26 Å². The lowest BCUT2D eigenvalue weighted by molar-refractivity contribution is -0.139. The van der Waals surface area contributed by atoms with Crippen molar-refractivity contribution in [3.63, 3.8) is 0 Å². The van der Waals surface area contributed by atoms with Crippen molar-refractivity contribution in [3.05, 3.63) is 41.0 Å². The van der Waals surface area contributed by atoms with E-state index in [9.17, 15) is 10.1 Å². The van der Waals surface area contributed by atoms with Crippen molar-refractivity contribution in [1.82, 2.24) is 0 Å². The first-order chi connectivity index (χ1) is 9.67. The topological polar surface area (TPSA) is 50.1 Å². The molecule has 0 heterocycles. The van der Waals surface area contributed by atoms with E-state index in [1.807, 2.05) is 37.3 Å². The number of allylic oxidation sites excluding steroid dienone is 1. The second kappa shape index (κ2) is 6.38. The van der Waals surface area contributed by atoms with E-state index in [1.54, 1.807) is 0 Å². The fourth-order valence-corrected chi connectivity index (χ4v) is 2.33. The molecule has 0 fully saturated rings. The number of nitrogens with zero attached hydrogens (tertiary/aromatic N) is 1. The molecule has 0 amide bonds. The zero-order chi connectivity index (χ0) is 14.5. The number of hydrogen-bond donors (Lipinski definition) is 0. The van der Waals surface area contributed by atoms with Crippen molar-refractivity contribution in [2.24, 2.45) is 5.92 Å². The Balaban J connectivity index is 2.23. The van der Waals surface area contributed by atoms with Crippen molar-refractivity contribution in [2.75, 3.05) is 6.61 Å². The average Bonchev–Trinajstić information content (AvgIpc) is 2.89. The molecule has 1 aliphatic rings. The Hall–Kier alpha value is -2.08. The molecule has 0 N–H and O–H groups in total. The summed E-state index contributed by atoms with van der Waals surface area (Å²) in [6, 6.07) is 9.96. The molecule has 3 heteroatoms. The molecule has 0 spiro atoms. The molecule has 0 saturated carbocycles. The first kappa shape index (κ1) is 14.3. The number of nitriles is 1. The van der Waals surface area contributed by atoms with Crippen molar-refractivity contribution < 1.29 is 9.53 Å². The lowest BCUT2D eigenvalue weighted by Crippen LogP contribution is -2.13. The quantitative estimate of drug-likeness (QED) is 0.477. The Morgan fingerprint density at radius 2 is 2.15 bits per heavy atom. The summed E-state index contributed by atoms with van der Waals surface area (Å²) >= 11 is 0. The molecule has 0 bridgehead atoms. The fourth-order valence-electron chi connectivity index (χ4n) is 2.33. The molecule has 3 nitrogen and oxygen atoms in total. The Kier molecular flexibility index (Phi) is 4.57. The van der Waals surface area contributed by atoms with Crippen LogP contribution in [0.25, 0.3) is 5.57 Å². The molecule has 1 atom stereocenters. The van der Waals surface area contributed by atoms with Gasteiger partial charge < -0.3 is 4.74 Å². The van der Waals surface area contributed by atoms with Crippen molar-refractivity contribution in [1.29, 1.82) is 5.26 Å². The van der Waals surface area contributed by atoms with Gasteiger partial charge in [0.25, 0.3) is 0 Å². The van der Waals surface area contributed by atoms with E-state index in [-0.39, 0.29) is 5.57 Å². The number of benzene rings is 1. The number of rotatable bonds is 4. The van der Waals surface area contributed by atoms with E-state index >= 15 is 0 Å². The van der Waals surface area contributed by atoms with Gasteiger partial charge in [-0.05, 0) is 35.5 Å². The molecule has 1 unspecified atom stereocenters. The molecule has 0 saturated heterocycles. The minimum absolute atomic E-state index is 0.165. The highest BCUT2D eigenvalue weighted by Crippen LogP contribution is 2.34. The highest BCUT2D eigenvalue weighted by Gasteiger charge is 2.24. The molecule has 0 aliphatic heterocycles. The van der Waals surface area contributed by atoms with Crippen LogP contribution in [-0.4, -0.2) is 12.6 Å². The third kappa shape index (κ3) is 2.91. The SMILES string of the molecule is CCC(C)COC(=O)/C(C#N)=C1\CCc2ccccc21. The van der Waals surface area contributed by atoms with Gasteiger partial charge in [0.2, 0.25) is 0 Å². The van der Waals surface area contributed by atoms with Crippen molar-refractivity contribution in [2.45, 2.75) is 33.1 Å². The smallest absolute Gasteiger partial charge is 0.349 e. The summed E-state index contributed by atoms with van der Waals surface area (Å²) in [4.78, 5) is 12.1. The van der Waals surface area contributed by atoms with Gasteiger partial charge in [-0.1, -0.05) is 44.5 Å². The first-order valence-corrected chi connectivity index (χ1v) is 7.06. The maximum atomic E-state index is 12.1. The van der Waals surface area contributed by atoms with Crippen molar-refractivity contribution in [3.8, 4) is 6.07 Å². The third-order valence-electron chi connectivity index (χ3n) is 3.80. The Labute approximate surface area is 119 Å². The van der Waals surface area contributed by atoms with Crippen LogP contribution < -0.4 is 0 Å². The van der Waals surface area contributed by atoms with E-state index in [1.165, 1.54) is 5.56 Å². The molecule has 20 heavy (non-hydrogen) atoms. The van der Waals surface area contributed by atoms with Crippen LogP contribution >= 0.6 is 0 Å². The van der Waals surface area contributed by atoms with Gasteiger partial charge in [0.05, 0.1) is 6.61 Å². The zero-order valence-electron chi connectivity index (χ0n) is 12.0. The maximum Gasteiger partial charge on any atom is 0.349 e. The number of carbonyl (C=O) groups excluding carboxylic acids is 1. The van der Waals surface area contributed by atoms with Gasteiger partial charge >= 0.3 is 5.97 Å². The summed E-state index contributed by atoms with van der Waals surface area (Å²) < 4.78 is 5.26. The predicted octanol–water partition coefficient (Wildman–Crippen LogP) is 3.50. The van der Waals surface area contributed by atoms with Crippen LogP contribution in [0.2, 0.25) is 0 Å². The summed E-state index contributed by atoms with van der Waals surface area (Å²) in [5.41, 5.74) is 3.21. The normalized spacial score (nSPS) is 17.1. The van der Waals surface area contributed by atoms with E-state index in [4.69, 9.17) is 4.74 Å². The molecule has 1 aromatic carbocycles. The molecule has 1 aromatic rings. The second-order valence-electron chi connectivity index (χ2n) is 5.23. The first-order valence-electron chi connectivity index (χ1n) is 7.06. The van der Waals surface area contributed by atoms with Crippen LogP contribution in [0.5, 0.6) is 0 Å². The number of carbonyl (C=O) groups is 1. The molecular weight excluding hydrogens is 250 g/mol. The minimum atomic E-state index is -0.487. The van der Waals surface area contributed by atoms with Crippen LogP contribution in [-0.2, 0) is 16.0 Å². The number of esters is 1. The lowest BCUT2D eigenvalue weighted by atomic mass is 10.0. The Morgan fingerprint density at radius 3 is 2.85 bits per heavy atom. The van der Waals surface area contributed by atoms with Crippen molar-refractivity contribution >= 4 is 11.5 Å². The second-order valence-corrected chi connectivity index (χ2v) is 5.23. The fraction of sp³-hybridized carbons (Fsp3) is 0.412. The van der Waals surface area contributed by atoms with E-state index < -0.39 is 5.97 Å². The molecule has 2 rings (SSSR count). The van der Waals surface area contributed by atoms with Gasteiger partial charge in [0.1, 0.15) is 11.6 Å². The van der Waals surface area contributed by atoms with E-state index in [0.717, 1.165) is 30.4 Å². The van der Waals surface area contributed by atoms with Crippen LogP contribution in [0.3, 0.4) is 0 Å². The Bertz CT molecular complexity index is 581. The van der Waals surface area contributed by atoms with Gasteiger partial charge in [0, 0.05) is 0 Å². The lowest BCUT2D eigenvalue weighted by Gasteiger charge is -2.10. The number of aryl methyl sites for hydroxylation is 1. The van der Waals surface area contributed by atoms with Crippen LogP contribution in [0.1, 0.15) is 37.8 Å². The highest BCUT2D eigenvalue weighted by atomic mass is 16.5. The summed E-state index contributed by atoms with van der Waals surface area (Å²) in [6.45, 7) is 4.45. The molecule has 104 valence electrons. The monoisotopic (exact) mass is 269 g/mol. The molecule has 0 aromatic heterocycles. The van der Waals surface area contributed by atoms with Gasteiger partial charge in [-0.3, -0.25) is 0 Å². The zero-order valence-corrected chi connectivity index (χ0v) is 12.0. The number of fused-ring (bicyclic) bond motifs is 1. The van der Waals surface area contributed by atoms with Gasteiger partial charge in [-0.25, -0.2) is 4.79 Å². The molecule has 1 aliphatic carbocycles. The van der Waals surface area contributed by atoms with Gasteiger partial charge in [0.15, 0.2) is 0 Å². The predicted molar refractivity (Wildman–Crippen MR) is 77.7 cm³/mol. The standard InChI is InChI=1S/C17H19NO2/c1-3-12(2)11-20-17(19)16(10-18)15-9-8-13-6-4-5-7-14(13)15/h4-7,12H,3,8-9,11H2,1-2H3/b16-15+. The van der Waals surface area contributed by atoms with Crippen LogP contribution in [0.4, 0.5) is 0 Å². The molecular formula is C17H19NO2. The third-order valence-corrected chi connectivity index (χ3v) is 3.80. The molecule has 0 radical (unpaired) electrons. The van der Waals surface area contributed by atoms with Crippen LogP contribution in [0, 0.1) is 17.2 Å². The Morgan fingerprint density at radius 1 is 1.40 bits per heavy atom. The van der Waals surface area contributed by atoms with Crippen LogP contribution in [0.15, 0.2) is 29.8 Å². The summed E-state index contributed by atoms with van der Waals surface area (Å²) in [6.07, 6.45) is 2.57. The summed E-state index contributed by atoms with van der Waals surface area (Å²) in [7, 11) is 0.